The fourth-order valence-electron chi connectivity index (χ4n) is 2.06. The molecule has 1 unspecified atom stereocenters. The first-order chi connectivity index (χ1) is 8.91. The van der Waals surface area contributed by atoms with Gasteiger partial charge in [-0.25, -0.2) is 0 Å². The number of aryl methyl sites for hydroxylation is 2. The second-order valence-electron chi connectivity index (χ2n) is 4.77. The number of hydrogen-bond donors (Lipinski definition) is 0. The highest BCUT2D eigenvalue weighted by atomic mass is 79.9. The molecule has 0 saturated carbocycles. The van der Waals surface area contributed by atoms with Crippen LogP contribution < -0.4 is 0 Å². The molecular formula is C16H15Br2Cl. The zero-order valence-corrected chi connectivity index (χ0v) is 15.0. The summed E-state index contributed by atoms with van der Waals surface area (Å²) in [5, 5.41) is 0.810. The average Bonchev–Trinajstić information content (AvgIpc) is 2.36. The van der Waals surface area contributed by atoms with Crippen molar-refractivity contribution in [2.45, 2.75) is 25.6 Å². The van der Waals surface area contributed by atoms with Gasteiger partial charge in [-0.2, -0.15) is 0 Å². The van der Waals surface area contributed by atoms with Crippen molar-refractivity contribution >= 4 is 43.5 Å². The standard InChI is InChI=1S/C16H15Br2Cl/c1-9-7-13(15(19)8-10(9)2)16(18)12-5-4-6-14(17)11(12)3/h4-8,16H,1-3H3. The maximum Gasteiger partial charge on any atom is 0.0662 e. The Balaban J connectivity index is 2.53. The van der Waals surface area contributed by atoms with Crippen LogP contribution in [0.3, 0.4) is 0 Å². The lowest BCUT2D eigenvalue weighted by Crippen LogP contribution is -1.99. The Morgan fingerprint density at radius 2 is 1.63 bits per heavy atom. The molecule has 0 heterocycles. The van der Waals surface area contributed by atoms with Gasteiger partial charge in [0.1, 0.15) is 0 Å². The summed E-state index contributed by atoms with van der Waals surface area (Å²) < 4.78 is 1.12. The molecule has 100 valence electrons. The molecule has 0 aliphatic heterocycles. The normalized spacial score (nSPS) is 12.5. The van der Waals surface area contributed by atoms with E-state index in [1.165, 1.54) is 22.3 Å². The molecule has 0 N–H and O–H groups in total. The van der Waals surface area contributed by atoms with Crippen molar-refractivity contribution in [3.8, 4) is 0 Å². The molecule has 0 radical (unpaired) electrons. The maximum absolute atomic E-state index is 6.40. The van der Waals surface area contributed by atoms with Gasteiger partial charge < -0.3 is 0 Å². The highest BCUT2D eigenvalue weighted by Crippen LogP contribution is 2.39. The van der Waals surface area contributed by atoms with Crippen molar-refractivity contribution in [3.05, 3.63) is 67.6 Å². The van der Waals surface area contributed by atoms with Gasteiger partial charge in [-0.3, -0.25) is 0 Å². The van der Waals surface area contributed by atoms with Crippen LogP contribution in [0.2, 0.25) is 5.02 Å². The smallest absolute Gasteiger partial charge is 0.0662 e. The molecule has 3 heteroatoms. The fraction of sp³-hybridized carbons (Fsp3) is 0.250. The van der Waals surface area contributed by atoms with Crippen LogP contribution in [0.5, 0.6) is 0 Å². The van der Waals surface area contributed by atoms with Gasteiger partial charge in [0.2, 0.25) is 0 Å². The second-order valence-corrected chi connectivity index (χ2v) is 6.95. The first-order valence-electron chi connectivity index (χ1n) is 6.07. The largest absolute Gasteiger partial charge is 0.0840 e. The third-order valence-corrected chi connectivity index (χ3v) is 5.64. The van der Waals surface area contributed by atoms with Gasteiger partial charge in [-0.15, -0.1) is 0 Å². The Bertz CT molecular complexity index is 620. The maximum atomic E-state index is 6.40. The number of halogens is 3. The fourth-order valence-corrected chi connectivity index (χ4v) is 3.78. The summed E-state index contributed by atoms with van der Waals surface area (Å²) in [5.41, 5.74) is 6.07. The Hall–Kier alpha value is -0.310. The number of rotatable bonds is 2. The number of hydrogen-bond acceptors (Lipinski definition) is 0. The predicted octanol–water partition coefficient (Wildman–Crippen LogP) is 6.51. The Kier molecular flexibility index (Phi) is 4.75. The van der Waals surface area contributed by atoms with Gasteiger partial charge >= 0.3 is 0 Å². The van der Waals surface area contributed by atoms with E-state index in [0.717, 1.165) is 15.1 Å². The molecular weight excluding hydrogens is 387 g/mol. The molecule has 0 spiro atoms. The van der Waals surface area contributed by atoms with E-state index >= 15 is 0 Å². The Morgan fingerprint density at radius 1 is 1.00 bits per heavy atom. The first-order valence-corrected chi connectivity index (χ1v) is 8.16. The highest BCUT2D eigenvalue weighted by Gasteiger charge is 2.17. The van der Waals surface area contributed by atoms with Crippen molar-refractivity contribution in [3.63, 3.8) is 0 Å². The summed E-state index contributed by atoms with van der Waals surface area (Å²) in [7, 11) is 0. The van der Waals surface area contributed by atoms with E-state index in [0.29, 0.717) is 0 Å². The number of benzene rings is 2. The summed E-state index contributed by atoms with van der Waals surface area (Å²) in [6.07, 6.45) is 0. The molecule has 0 aromatic heterocycles. The van der Waals surface area contributed by atoms with Gasteiger partial charge in [0, 0.05) is 9.50 Å². The molecule has 0 aliphatic rings. The second kappa shape index (κ2) is 5.99. The zero-order chi connectivity index (χ0) is 14.2. The zero-order valence-electron chi connectivity index (χ0n) is 11.1. The van der Waals surface area contributed by atoms with Crippen LogP contribution in [0.1, 0.15) is 32.6 Å². The molecule has 2 aromatic carbocycles. The van der Waals surface area contributed by atoms with E-state index in [-0.39, 0.29) is 4.83 Å². The molecule has 0 aliphatic carbocycles. The molecule has 0 amide bonds. The summed E-state index contributed by atoms with van der Waals surface area (Å²) >= 11 is 13.8. The molecule has 0 fully saturated rings. The van der Waals surface area contributed by atoms with Crippen LogP contribution in [0, 0.1) is 20.8 Å². The van der Waals surface area contributed by atoms with Crippen molar-refractivity contribution in [1.82, 2.24) is 0 Å². The Morgan fingerprint density at radius 3 is 2.32 bits per heavy atom. The molecule has 1 atom stereocenters. The average molecular weight is 403 g/mol. The topological polar surface area (TPSA) is 0 Å². The van der Waals surface area contributed by atoms with E-state index in [2.05, 4.69) is 76.9 Å². The van der Waals surface area contributed by atoms with Gasteiger partial charge in [0.15, 0.2) is 0 Å². The lowest BCUT2D eigenvalue weighted by atomic mass is 9.97. The summed E-state index contributed by atoms with van der Waals surface area (Å²) in [6.45, 7) is 6.31. The van der Waals surface area contributed by atoms with Crippen LogP contribution in [0.25, 0.3) is 0 Å². The van der Waals surface area contributed by atoms with Crippen LogP contribution >= 0.6 is 43.5 Å². The van der Waals surface area contributed by atoms with E-state index in [1.807, 2.05) is 6.07 Å². The summed E-state index contributed by atoms with van der Waals surface area (Å²) in [5.74, 6) is 0. The first kappa shape index (κ1) is 15.1. The predicted molar refractivity (Wildman–Crippen MR) is 90.6 cm³/mol. The van der Waals surface area contributed by atoms with Crippen molar-refractivity contribution in [2.24, 2.45) is 0 Å². The van der Waals surface area contributed by atoms with E-state index in [1.54, 1.807) is 0 Å². The monoisotopic (exact) mass is 400 g/mol. The van der Waals surface area contributed by atoms with Crippen molar-refractivity contribution < 1.29 is 0 Å². The van der Waals surface area contributed by atoms with Crippen molar-refractivity contribution in [2.75, 3.05) is 0 Å². The van der Waals surface area contributed by atoms with Gasteiger partial charge in [-0.05, 0) is 60.7 Å². The Labute approximate surface area is 136 Å². The lowest BCUT2D eigenvalue weighted by molar-refractivity contribution is 1.12. The lowest BCUT2D eigenvalue weighted by Gasteiger charge is -2.17. The molecule has 0 bridgehead atoms. The van der Waals surface area contributed by atoms with E-state index in [9.17, 15) is 0 Å². The van der Waals surface area contributed by atoms with Crippen LogP contribution in [-0.2, 0) is 0 Å². The van der Waals surface area contributed by atoms with Crippen molar-refractivity contribution in [1.29, 1.82) is 0 Å². The molecule has 2 aromatic rings. The van der Waals surface area contributed by atoms with Crippen LogP contribution in [0.4, 0.5) is 0 Å². The minimum absolute atomic E-state index is 0.108. The quantitative estimate of drug-likeness (QED) is 0.502. The van der Waals surface area contributed by atoms with E-state index in [4.69, 9.17) is 11.6 Å². The summed E-state index contributed by atoms with van der Waals surface area (Å²) in [6, 6.07) is 10.4. The molecule has 0 nitrogen and oxygen atoms in total. The SMILES string of the molecule is Cc1cc(Cl)c(C(Br)c2cccc(Br)c2C)cc1C. The van der Waals surface area contributed by atoms with Gasteiger partial charge in [0.25, 0.3) is 0 Å². The van der Waals surface area contributed by atoms with Crippen LogP contribution in [-0.4, -0.2) is 0 Å². The molecule has 0 saturated heterocycles. The van der Waals surface area contributed by atoms with Crippen LogP contribution in [0.15, 0.2) is 34.8 Å². The van der Waals surface area contributed by atoms with E-state index < -0.39 is 0 Å². The minimum Gasteiger partial charge on any atom is -0.0840 e. The third kappa shape index (κ3) is 3.07. The molecule has 19 heavy (non-hydrogen) atoms. The van der Waals surface area contributed by atoms with Gasteiger partial charge in [0.05, 0.1) is 4.83 Å². The van der Waals surface area contributed by atoms with Gasteiger partial charge in [-0.1, -0.05) is 61.7 Å². The molecule has 2 rings (SSSR count). The highest BCUT2D eigenvalue weighted by molar-refractivity contribution is 9.10. The summed E-state index contributed by atoms with van der Waals surface area (Å²) in [4.78, 5) is 0.108. The number of alkyl halides is 1. The minimum atomic E-state index is 0.108. The third-order valence-electron chi connectivity index (χ3n) is 3.47.